The van der Waals surface area contributed by atoms with Gasteiger partial charge in [-0.15, -0.1) is 0 Å². The minimum atomic E-state index is -0.0815. The van der Waals surface area contributed by atoms with Crippen molar-refractivity contribution in [1.82, 2.24) is 15.1 Å². The molecule has 0 spiro atoms. The molecule has 1 atom stereocenters. The number of hydrogen-bond acceptors (Lipinski definition) is 3. The monoisotopic (exact) mass is 327 g/mol. The molecule has 1 N–H and O–H groups in total. The Morgan fingerprint density at radius 3 is 2.83 bits per heavy atom. The average molecular weight is 327 g/mol. The highest BCUT2D eigenvalue weighted by molar-refractivity contribution is 5.77. The molecule has 128 valence electrons. The summed E-state index contributed by atoms with van der Waals surface area (Å²) in [5.41, 5.74) is 3.70. The molecule has 0 saturated carbocycles. The Hall–Kier alpha value is -2.14. The van der Waals surface area contributed by atoms with Gasteiger partial charge in [-0.1, -0.05) is 44.2 Å². The molecule has 5 heteroatoms. The number of amides is 1. The minimum absolute atomic E-state index is 0.00377. The fourth-order valence-corrected chi connectivity index (χ4v) is 3.49. The van der Waals surface area contributed by atoms with E-state index in [1.165, 1.54) is 18.4 Å². The summed E-state index contributed by atoms with van der Waals surface area (Å²) in [5.74, 6) is -0.0815. The van der Waals surface area contributed by atoms with Crippen molar-refractivity contribution in [3.8, 4) is 0 Å². The highest BCUT2D eigenvalue weighted by atomic mass is 16.5. The van der Waals surface area contributed by atoms with E-state index in [1.807, 2.05) is 24.4 Å². The molecule has 2 aromatic rings. The fraction of sp³-hybridized carbons (Fsp3) is 0.474. The molecular formula is C19H25N3O2. The first-order chi connectivity index (χ1) is 11.5. The molecule has 0 fully saturated rings. The molecule has 1 aromatic carbocycles. The molecule has 1 heterocycles. The van der Waals surface area contributed by atoms with Crippen LogP contribution in [-0.2, 0) is 22.5 Å². The van der Waals surface area contributed by atoms with Crippen LogP contribution < -0.4 is 5.32 Å². The lowest BCUT2D eigenvalue weighted by atomic mass is 9.74. The molecule has 5 nitrogen and oxygen atoms in total. The predicted octanol–water partition coefficient (Wildman–Crippen LogP) is 2.71. The number of benzene rings is 1. The Balaban J connectivity index is 1.86. The third-order valence-corrected chi connectivity index (χ3v) is 4.54. The number of rotatable bonds is 5. The van der Waals surface area contributed by atoms with Crippen molar-refractivity contribution in [2.24, 2.45) is 5.41 Å². The fourth-order valence-electron chi connectivity index (χ4n) is 3.49. The third-order valence-electron chi connectivity index (χ3n) is 4.54. The van der Waals surface area contributed by atoms with E-state index in [2.05, 4.69) is 41.1 Å². The van der Waals surface area contributed by atoms with Crippen LogP contribution in [-0.4, -0.2) is 29.4 Å². The zero-order valence-corrected chi connectivity index (χ0v) is 14.6. The summed E-state index contributed by atoms with van der Waals surface area (Å²) in [6.07, 6.45) is 3.78. The zero-order valence-electron chi connectivity index (χ0n) is 14.6. The van der Waals surface area contributed by atoms with Gasteiger partial charge in [0.05, 0.1) is 18.8 Å². The molecule has 0 bridgehead atoms. The quantitative estimate of drug-likeness (QED) is 0.918. The van der Waals surface area contributed by atoms with Crippen LogP contribution in [0, 0.1) is 5.41 Å². The predicted molar refractivity (Wildman–Crippen MR) is 92.6 cm³/mol. The minimum Gasteiger partial charge on any atom is -0.375 e. The van der Waals surface area contributed by atoms with Crippen LogP contribution in [0.5, 0.6) is 0 Å². The summed E-state index contributed by atoms with van der Waals surface area (Å²) >= 11 is 0. The molecule has 24 heavy (non-hydrogen) atoms. The van der Waals surface area contributed by atoms with E-state index in [4.69, 9.17) is 4.74 Å². The molecule has 0 saturated heterocycles. The number of carbonyl (C=O) groups is 1. The number of hydrogen-bond donors (Lipinski definition) is 1. The lowest BCUT2D eigenvalue weighted by molar-refractivity contribution is -0.125. The topological polar surface area (TPSA) is 56.1 Å². The van der Waals surface area contributed by atoms with E-state index < -0.39 is 0 Å². The van der Waals surface area contributed by atoms with E-state index in [1.54, 1.807) is 0 Å². The largest absolute Gasteiger partial charge is 0.375 e. The van der Waals surface area contributed by atoms with E-state index in [-0.39, 0.29) is 24.0 Å². The van der Waals surface area contributed by atoms with Gasteiger partial charge < -0.3 is 10.1 Å². The van der Waals surface area contributed by atoms with Crippen molar-refractivity contribution in [3.63, 3.8) is 0 Å². The SMILES string of the molecule is COCC(=O)NC1CC(C)(C)Cc2c1cnn2Cc1ccccc1. The summed E-state index contributed by atoms with van der Waals surface area (Å²) in [5, 5.41) is 7.69. The van der Waals surface area contributed by atoms with Crippen LogP contribution in [0.4, 0.5) is 0 Å². The standard InChI is InChI=1S/C19H25N3O2/c1-19(2)9-16(21-18(23)13-24-3)15-11-20-22(17(15)10-19)12-14-7-5-4-6-8-14/h4-8,11,16H,9-10,12-13H2,1-3H3,(H,21,23). The number of aromatic nitrogens is 2. The van der Waals surface area contributed by atoms with Crippen LogP contribution in [0.1, 0.15) is 43.1 Å². The van der Waals surface area contributed by atoms with Crippen molar-refractivity contribution < 1.29 is 9.53 Å². The second-order valence-corrected chi connectivity index (χ2v) is 7.29. The maximum Gasteiger partial charge on any atom is 0.246 e. The van der Waals surface area contributed by atoms with Crippen molar-refractivity contribution >= 4 is 5.91 Å². The molecule has 3 rings (SSSR count). The van der Waals surface area contributed by atoms with Gasteiger partial charge in [0.1, 0.15) is 6.61 Å². The van der Waals surface area contributed by atoms with Crippen molar-refractivity contribution in [2.75, 3.05) is 13.7 Å². The second-order valence-electron chi connectivity index (χ2n) is 7.29. The summed E-state index contributed by atoms with van der Waals surface area (Å²) in [4.78, 5) is 12.0. The van der Waals surface area contributed by atoms with E-state index in [9.17, 15) is 4.79 Å². The third kappa shape index (κ3) is 3.67. The molecule has 0 radical (unpaired) electrons. The molecule has 1 aliphatic rings. The van der Waals surface area contributed by atoms with Crippen LogP contribution in [0.15, 0.2) is 36.5 Å². The van der Waals surface area contributed by atoms with Gasteiger partial charge in [0.15, 0.2) is 0 Å². The van der Waals surface area contributed by atoms with Gasteiger partial charge in [0.2, 0.25) is 5.91 Å². The average Bonchev–Trinajstić information content (AvgIpc) is 2.90. The van der Waals surface area contributed by atoms with Gasteiger partial charge in [-0.3, -0.25) is 9.48 Å². The Labute approximate surface area is 143 Å². The molecule has 0 aliphatic heterocycles. The number of methoxy groups -OCH3 is 1. The normalized spacial score (nSPS) is 18.9. The van der Waals surface area contributed by atoms with Crippen molar-refractivity contribution in [3.05, 3.63) is 53.3 Å². The lowest BCUT2D eigenvalue weighted by Crippen LogP contribution is -2.38. The number of nitrogens with one attached hydrogen (secondary N) is 1. The van der Waals surface area contributed by atoms with Crippen LogP contribution in [0.3, 0.4) is 0 Å². The summed E-state index contributed by atoms with van der Waals surface area (Å²) < 4.78 is 7.01. The van der Waals surface area contributed by atoms with Gasteiger partial charge in [0.25, 0.3) is 0 Å². The van der Waals surface area contributed by atoms with E-state index in [0.717, 1.165) is 24.9 Å². The summed E-state index contributed by atoms with van der Waals surface area (Å²) in [6.45, 7) is 5.33. The molecular weight excluding hydrogens is 302 g/mol. The highest BCUT2D eigenvalue weighted by Crippen LogP contribution is 2.40. The second kappa shape index (κ2) is 6.77. The highest BCUT2D eigenvalue weighted by Gasteiger charge is 2.35. The first kappa shape index (κ1) is 16.7. The Bertz CT molecular complexity index is 707. The van der Waals surface area contributed by atoms with Crippen LogP contribution in [0.2, 0.25) is 0 Å². The first-order valence-electron chi connectivity index (χ1n) is 8.35. The molecule has 1 aliphatic carbocycles. The lowest BCUT2D eigenvalue weighted by Gasteiger charge is -2.36. The van der Waals surface area contributed by atoms with Crippen molar-refractivity contribution in [1.29, 1.82) is 0 Å². The van der Waals surface area contributed by atoms with Gasteiger partial charge in [-0.25, -0.2) is 0 Å². The first-order valence-corrected chi connectivity index (χ1v) is 8.35. The number of ether oxygens (including phenoxy) is 1. The molecule has 1 amide bonds. The van der Waals surface area contributed by atoms with E-state index >= 15 is 0 Å². The molecule has 1 unspecified atom stereocenters. The van der Waals surface area contributed by atoms with E-state index in [0.29, 0.717) is 0 Å². The Morgan fingerprint density at radius 2 is 2.12 bits per heavy atom. The maximum atomic E-state index is 12.0. The Morgan fingerprint density at radius 1 is 1.38 bits per heavy atom. The summed E-state index contributed by atoms with van der Waals surface area (Å²) in [7, 11) is 1.54. The van der Waals surface area contributed by atoms with Crippen LogP contribution >= 0.6 is 0 Å². The maximum absolute atomic E-state index is 12.0. The van der Waals surface area contributed by atoms with Gasteiger partial charge in [-0.05, 0) is 23.8 Å². The Kier molecular flexibility index (Phi) is 4.71. The van der Waals surface area contributed by atoms with Gasteiger partial charge in [-0.2, -0.15) is 5.10 Å². The van der Waals surface area contributed by atoms with Gasteiger partial charge >= 0.3 is 0 Å². The van der Waals surface area contributed by atoms with Crippen molar-refractivity contribution in [2.45, 2.75) is 39.3 Å². The summed E-state index contributed by atoms with van der Waals surface area (Å²) in [6, 6.07) is 10.3. The number of nitrogens with zero attached hydrogens (tertiary/aromatic N) is 2. The van der Waals surface area contributed by atoms with Crippen LogP contribution in [0.25, 0.3) is 0 Å². The zero-order chi connectivity index (χ0) is 17.2. The number of carbonyl (C=O) groups excluding carboxylic acids is 1. The smallest absolute Gasteiger partial charge is 0.246 e. The number of fused-ring (bicyclic) bond motifs is 1. The van der Waals surface area contributed by atoms with Gasteiger partial charge in [0, 0.05) is 18.4 Å². The molecule has 1 aromatic heterocycles.